The molecule has 2 rings (SSSR count). The summed E-state index contributed by atoms with van der Waals surface area (Å²) in [4.78, 5) is 24.3. The maximum Gasteiger partial charge on any atom is 0.274 e. The standard InChI is InChI=1S/C11H16N4O/c1-9-7-13-10(8-12-9)11(16)15-5-3-14(2)4-6-15/h7-8H,3-6H2,1-2H3. The van der Waals surface area contributed by atoms with Gasteiger partial charge in [0.2, 0.25) is 0 Å². The van der Waals surface area contributed by atoms with Gasteiger partial charge in [-0.15, -0.1) is 0 Å². The highest BCUT2D eigenvalue weighted by molar-refractivity contribution is 5.92. The van der Waals surface area contributed by atoms with E-state index < -0.39 is 0 Å². The number of amides is 1. The summed E-state index contributed by atoms with van der Waals surface area (Å²) in [6, 6.07) is 0. The van der Waals surface area contributed by atoms with Crippen molar-refractivity contribution >= 4 is 5.91 Å². The number of hydrogen-bond donors (Lipinski definition) is 0. The minimum Gasteiger partial charge on any atom is -0.335 e. The Hall–Kier alpha value is -1.49. The van der Waals surface area contributed by atoms with Crippen molar-refractivity contribution in [1.29, 1.82) is 0 Å². The van der Waals surface area contributed by atoms with Crippen LogP contribution in [0.3, 0.4) is 0 Å². The van der Waals surface area contributed by atoms with Crippen LogP contribution >= 0.6 is 0 Å². The van der Waals surface area contributed by atoms with E-state index in [9.17, 15) is 4.79 Å². The third kappa shape index (κ3) is 2.36. The summed E-state index contributed by atoms with van der Waals surface area (Å²) < 4.78 is 0. The number of piperazine rings is 1. The van der Waals surface area contributed by atoms with Gasteiger partial charge in [-0.2, -0.15) is 0 Å². The van der Waals surface area contributed by atoms with Crippen molar-refractivity contribution in [3.8, 4) is 0 Å². The Balaban J connectivity index is 2.05. The van der Waals surface area contributed by atoms with Crippen molar-refractivity contribution in [2.24, 2.45) is 0 Å². The molecular weight excluding hydrogens is 204 g/mol. The SMILES string of the molecule is Cc1cnc(C(=O)N2CCN(C)CC2)cn1. The fraction of sp³-hybridized carbons (Fsp3) is 0.545. The van der Waals surface area contributed by atoms with Crippen LogP contribution in [0.25, 0.3) is 0 Å². The van der Waals surface area contributed by atoms with E-state index in [4.69, 9.17) is 0 Å². The molecule has 5 heteroatoms. The summed E-state index contributed by atoms with van der Waals surface area (Å²) in [6.07, 6.45) is 3.18. The molecule has 0 saturated carbocycles. The van der Waals surface area contributed by atoms with Crippen molar-refractivity contribution in [3.63, 3.8) is 0 Å². The first-order chi connectivity index (χ1) is 7.66. The molecule has 1 aromatic rings. The summed E-state index contributed by atoms with van der Waals surface area (Å²) in [5.41, 5.74) is 1.27. The van der Waals surface area contributed by atoms with Gasteiger partial charge in [-0.25, -0.2) is 4.98 Å². The maximum absolute atomic E-state index is 12.0. The van der Waals surface area contributed by atoms with E-state index in [1.165, 1.54) is 0 Å². The van der Waals surface area contributed by atoms with Crippen molar-refractivity contribution in [2.75, 3.05) is 33.2 Å². The first-order valence-corrected chi connectivity index (χ1v) is 5.43. The number of carbonyl (C=O) groups excluding carboxylic acids is 1. The predicted molar refractivity (Wildman–Crippen MR) is 60.2 cm³/mol. The molecule has 2 heterocycles. The molecule has 0 spiro atoms. The number of likely N-dealkylation sites (N-methyl/N-ethyl adjacent to an activating group) is 1. The van der Waals surface area contributed by atoms with Gasteiger partial charge in [-0.3, -0.25) is 9.78 Å². The van der Waals surface area contributed by atoms with Gasteiger partial charge in [0.05, 0.1) is 11.9 Å². The Bertz CT molecular complexity index is 368. The number of carbonyl (C=O) groups is 1. The molecule has 0 aliphatic carbocycles. The third-order valence-electron chi connectivity index (χ3n) is 2.79. The molecule has 0 atom stereocenters. The van der Waals surface area contributed by atoms with Crippen LogP contribution in [-0.4, -0.2) is 58.9 Å². The van der Waals surface area contributed by atoms with E-state index in [-0.39, 0.29) is 5.91 Å². The van der Waals surface area contributed by atoms with E-state index in [1.807, 2.05) is 11.8 Å². The van der Waals surface area contributed by atoms with Crippen LogP contribution in [0.15, 0.2) is 12.4 Å². The molecule has 1 aliphatic heterocycles. The van der Waals surface area contributed by atoms with E-state index in [0.29, 0.717) is 5.69 Å². The second-order valence-corrected chi connectivity index (χ2v) is 4.14. The summed E-state index contributed by atoms with van der Waals surface area (Å²) >= 11 is 0. The monoisotopic (exact) mass is 220 g/mol. The molecule has 0 bridgehead atoms. The van der Waals surface area contributed by atoms with Crippen LogP contribution in [0.5, 0.6) is 0 Å². The zero-order chi connectivity index (χ0) is 11.5. The third-order valence-corrected chi connectivity index (χ3v) is 2.79. The summed E-state index contributed by atoms with van der Waals surface area (Å²) in [6.45, 7) is 5.24. The van der Waals surface area contributed by atoms with Crippen molar-refractivity contribution in [2.45, 2.75) is 6.92 Å². The smallest absolute Gasteiger partial charge is 0.274 e. The lowest BCUT2D eigenvalue weighted by Gasteiger charge is -2.32. The quantitative estimate of drug-likeness (QED) is 0.677. The van der Waals surface area contributed by atoms with E-state index in [0.717, 1.165) is 31.9 Å². The van der Waals surface area contributed by atoms with E-state index in [2.05, 4.69) is 21.9 Å². The molecule has 0 unspecified atom stereocenters. The number of rotatable bonds is 1. The van der Waals surface area contributed by atoms with Crippen LogP contribution in [0.4, 0.5) is 0 Å². The van der Waals surface area contributed by atoms with Gasteiger partial charge >= 0.3 is 0 Å². The van der Waals surface area contributed by atoms with Crippen LogP contribution in [0, 0.1) is 6.92 Å². The highest BCUT2D eigenvalue weighted by atomic mass is 16.2. The number of hydrogen-bond acceptors (Lipinski definition) is 4. The van der Waals surface area contributed by atoms with Gasteiger partial charge < -0.3 is 9.80 Å². The zero-order valence-corrected chi connectivity index (χ0v) is 9.68. The minimum atomic E-state index is -0.0133. The van der Waals surface area contributed by atoms with E-state index in [1.54, 1.807) is 12.4 Å². The topological polar surface area (TPSA) is 49.3 Å². The Kier molecular flexibility index (Phi) is 3.14. The van der Waals surface area contributed by atoms with Crippen LogP contribution in [-0.2, 0) is 0 Å². The molecule has 1 amide bonds. The lowest BCUT2D eigenvalue weighted by molar-refractivity contribution is 0.0657. The largest absolute Gasteiger partial charge is 0.335 e. The lowest BCUT2D eigenvalue weighted by atomic mass is 10.3. The molecule has 0 aromatic carbocycles. The first kappa shape index (κ1) is 11.0. The maximum atomic E-state index is 12.0. The number of aromatic nitrogens is 2. The van der Waals surface area contributed by atoms with Crippen molar-refractivity contribution < 1.29 is 4.79 Å². The Morgan fingerprint density at radius 1 is 1.19 bits per heavy atom. The summed E-state index contributed by atoms with van der Waals surface area (Å²) in [5, 5.41) is 0. The molecule has 5 nitrogen and oxygen atoms in total. The average Bonchev–Trinajstić information content (AvgIpc) is 2.30. The molecule has 16 heavy (non-hydrogen) atoms. The Morgan fingerprint density at radius 2 is 1.88 bits per heavy atom. The summed E-state index contributed by atoms with van der Waals surface area (Å²) in [5.74, 6) is -0.0133. The highest BCUT2D eigenvalue weighted by Gasteiger charge is 2.21. The van der Waals surface area contributed by atoms with Gasteiger partial charge in [-0.1, -0.05) is 0 Å². The number of nitrogens with zero attached hydrogens (tertiary/aromatic N) is 4. The zero-order valence-electron chi connectivity index (χ0n) is 9.68. The van der Waals surface area contributed by atoms with Gasteiger partial charge in [0.1, 0.15) is 5.69 Å². The second-order valence-electron chi connectivity index (χ2n) is 4.14. The molecule has 86 valence electrons. The Labute approximate surface area is 95.1 Å². The predicted octanol–water partition coefficient (Wildman–Crippen LogP) is 0.173. The second kappa shape index (κ2) is 4.57. The fourth-order valence-electron chi connectivity index (χ4n) is 1.67. The van der Waals surface area contributed by atoms with Gasteiger partial charge in [0, 0.05) is 32.4 Å². The molecule has 1 aromatic heterocycles. The van der Waals surface area contributed by atoms with Crippen molar-refractivity contribution in [1.82, 2.24) is 19.8 Å². The minimum absolute atomic E-state index is 0.0133. The Morgan fingerprint density at radius 3 is 2.44 bits per heavy atom. The first-order valence-electron chi connectivity index (χ1n) is 5.43. The number of aryl methyl sites for hydroxylation is 1. The van der Waals surface area contributed by atoms with Crippen LogP contribution in [0.1, 0.15) is 16.2 Å². The van der Waals surface area contributed by atoms with Gasteiger partial charge in [0.15, 0.2) is 0 Å². The molecule has 1 aliphatic rings. The van der Waals surface area contributed by atoms with Gasteiger partial charge in [0.25, 0.3) is 5.91 Å². The van der Waals surface area contributed by atoms with Crippen LogP contribution < -0.4 is 0 Å². The van der Waals surface area contributed by atoms with E-state index >= 15 is 0 Å². The highest BCUT2D eigenvalue weighted by Crippen LogP contribution is 2.05. The van der Waals surface area contributed by atoms with Gasteiger partial charge in [-0.05, 0) is 14.0 Å². The van der Waals surface area contributed by atoms with Crippen LogP contribution in [0.2, 0.25) is 0 Å². The lowest BCUT2D eigenvalue weighted by Crippen LogP contribution is -2.47. The normalized spacial score (nSPS) is 17.5. The molecule has 0 radical (unpaired) electrons. The molecule has 1 saturated heterocycles. The fourth-order valence-corrected chi connectivity index (χ4v) is 1.67. The molecule has 1 fully saturated rings. The molecular formula is C11H16N4O. The molecule has 0 N–H and O–H groups in total. The van der Waals surface area contributed by atoms with Crippen molar-refractivity contribution in [3.05, 3.63) is 23.8 Å². The average molecular weight is 220 g/mol. The summed E-state index contributed by atoms with van der Waals surface area (Å²) in [7, 11) is 2.06.